The molecule has 0 aliphatic heterocycles. The van der Waals surface area contributed by atoms with E-state index in [1.54, 1.807) is 36.5 Å². The second-order valence-electron chi connectivity index (χ2n) is 5.76. The van der Waals surface area contributed by atoms with E-state index in [9.17, 15) is 4.79 Å². The summed E-state index contributed by atoms with van der Waals surface area (Å²) in [6.45, 7) is 0.603. The highest BCUT2D eigenvalue weighted by atomic mass is 35.5. The van der Waals surface area contributed by atoms with Gasteiger partial charge in [0.25, 0.3) is 5.91 Å². The summed E-state index contributed by atoms with van der Waals surface area (Å²) in [5.74, 6) is 0.289. The van der Waals surface area contributed by atoms with Crippen molar-refractivity contribution in [2.45, 2.75) is 6.42 Å². The number of anilines is 2. The lowest BCUT2D eigenvalue weighted by atomic mass is 10.2. The standard InChI is InChI=1S/C19H18ClN5O/c1-25(10-7-14-5-8-21-9-6-14)18(26)15-12-22-19(23-13-15)24-17-4-2-3-16(20)11-17/h2-6,8-9,11-13H,7,10H2,1H3,(H,22,23,24). The fraction of sp³-hybridized carbons (Fsp3) is 0.158. The Labute approximate surface area is 156 Å². The zero-order valence-corrected chi connectivity index (χ0v) is 15.0. The molecule has 2 aromatic heterocycles. The number of amides is 1. The summed E-state index contributed by atoms with van der Waals surface area (Å²) >= 11 is 5.95. The number of carbonyl (C=O) groups excluding carboxylic acids is 1. The predicted molar refractivity (Wildman–Crippen MR) is 102 cm³/mol. The summed E-state index contributed by atoms with van der Waals surface area (Å²) in [5.41, 5.74) is 2.36. The summed E-state index contributed by atoms with van der Waals surface area (Å²) in [6.07, 6.45) is 7.30. The molecule has 0 atom stereocenters. The quantitative estimate of drug-likeness (QED) is 0.721. The second kappa shape index (κ2) is 8.40. The van der Waals surface area contributed by atoms with Crippen molar-refractivity contribution < 1.29 is 4.79 Å². The molecule has 0 saturated heterocycles. The van der Waals surface area contributed by atoms with Crippen LogP contribution in [-0.4, -0.2) is 39.4 Å². The van der Waals surface area contributed by atoms with Gasteiger partial charge in [0, 0.05) is 49.1 Å². The Morgan fingerprint density at radius 2 is 1.88 bits per heavy atom. The average molecular weight is 368 g/mol. The van der Waals surface area contributed by atoms with E-state index in [-0.39, 0.29) is 5.91 Å². The van der Waals surface area contributed by atoms with Crippen LogP contribution in [0.2, 0.25) is 5.02 Å². The summed E-state index contributed by atoms with van der Waals surface area (Å²) < 4.78 is 0. The largest absolute Gasteiger partial charge is 0.341 e. The summed E-state index contributed by atoms with van der Waals surface area (Å²) in [7, 11) is 1.77. The molecular formula is C19H18ClN5O. The fourth-order valence-electron chi connectivity index (χ4n) is 2.37. The van der Waals surface area contributed by atoms with Crippen LogP contribution in [0.1, 0.15) is 15.9 Å². The molecule has 0 radical (unpaired) electrons. The van der Waals surface area contributed by atoms with Crippen molar-refractivity contribution in [2.24, 2.45) is 0 Å². The maximum absolute atomic E-state index is 12.5. The molecule has 0 spiro atoms. The first kappa shape index (κ1) is 17.8. The van der Waals surface area contributed by atoms with Gasteiger partial charge in [-0.05, 0) is 42.3 Å². The van der Waals surface area contributed by atoms with Crippen LogP contribution >= 0.6 is 11.6 Å². The Kier molecular flexibility index (Phi) is 5.76. The van der Waals surface area contributed by atoms with Crippen molar-refractivity contribution in [2.75, 3.05) is 18.9 Å². The SMILES string of the molecule is CN(CCc1ccncc1)C(=O)c1cnc(Nc2cccc(Cl)c2)nc1. The van der Waals surface area contributed by atoms with Gasteiger partial charge in [-0.3, -0.25) is 9.78 Å². The first-order valence-corrected chi connectivity index (χ1v) is 8.48. The van der Waals surface area contributed by atoms with Crippen LogP contribution in [0.25, 0.3) is 0 Å². The lowest BCUT2D eigenvalue weighted by molar-refractivity contribution is 0.0796. The maximum atomic E-state index is 12.5. The highest BCUT2D eigenvalue weighted by Crippen LogP contribution is 2.17. The molecule has 1 N–H and O–H groups in total. The number of rotatable bonds is 6. The van der Waals surface area contributed by atoms with Gasteiger partial charge < -0.3 is 10.2 Å². The van der Waals surface area contributed by atoms with E-state index in [0.29, 0.717) is 23.1 Å². The zero-order chi connectivity index (χ0) is 18.4. The summed E-state index contributed by atoms with van der Waals surface area (Å²) in [4.78, 5) is 26.5. The van der Waals surface area contributed by atoms with Crippen LogP contribution in [0.15, 0.2) is 61.2 Å². The van der Waals surface area contributed by atoms with Crippen LogP contribution in [0, 0.1) is 0 Å². The van der Waals surface area contributed by atoms with Gasteiger partial charge in [0.15, 0.2) is 0 Å². The second-order valence-corrected chi connectivity index (χ2v) is 6.20. The molecule has 0 aliphatic carbocycles. The van der Waals surface area contributed by atoms with E-state index in [1.807, 2.05) is 24.3 Å². The third kappa shape index (κ3) is 4.77. The molecule has 6 nitrogen and oxygen atoms in total. The first-order valence-electron chi connectivity index (χ1n) is 8.11. The molecule has 1 amide bonds. The Hall–Kier alpha value is -2.99. The van der Waals surface area contributed by atoms with Crippen molar-refractivity contribution >= 4 is 29.1 Å². The van der Waals surface area contributed by atoms with Crippen LogP contribution in [0.5, 0.6) is 0 Å². The lowest BCUT2D eigenvalue weighted by Gasteiger charge is -2.17. The number of carbonyl (C=O) groups is 1. The fourth-order valence-corrected chi connectivity index (χ4v) is 2.56. The molecule has 0 fully saturated rings. The zero-order valence-electron chi connectivity index (χ0n) is 14.3. The van der Waals surface area contributed by atoms with Crippen LogP contribution in [-0.2, 0) is 6.42 Å². The van der Waals surface area contributed by atoms with Crippen LogP contribution < -0.4 is 5.32 Å². The molecule has 3 aromatic rings. The molecule has 3 rings (SSSR count). The molecule has 132 valence electrons. The van der Waals surface area contributed by atoms with E-state index < -0.39 is 0 Å². The van der Waals surface area contributed by atoms with E-state index in [4.69, 9.17) is 11.6 Å². The van der Waals surface area contributed by atoms with Crippen molar-refractivity contribution in [3.05, 3.63) is 77.3 Å². The minimum atomic E-state index is -0.117. The molecule has 7 heteroatoms. The number of nitrogens with one attached hydrogen (secondary N) is 1. The van der Waals surface area contributed by atoms with Gasteiger partial charge in [-0.2, -0.15) is 0 Å². The number of halogens is 1. The van der Waals surface area contributed by atoms with E-state index in [1.165, 1.54) is 12.4 Å². The average Bonchev–Trinajstić information content (AvgIpc) is 2.67. The molecule has 0 aliphatic rings. The summed E-state index contributed by atoms with van der Waals surface area (Å²) in [5, 5.41) is 3.67. The van der Waals surface area contributed by atoms with E-state index >= 15 is 0 Å². The number of hydrogen-bond acceptors (Lipinski definition) is 5. The topological polar surface area (TPSA) is 71.0 Å². The lowest BCUT2D eigenvalue weighted by Crippen LogP contribution is -2.29. The van der Waals surface area contributed by atoms with Crippen LogP contribution in [0.4, 0.5) is 11.6 Å². The Morgan fingerprint density at radius 1 is 1.15 bits per heavy atom. The van der Waals surface area contributed by atoms with Gasteiger partial charge in [0.1, 0.15) is 0 Å². The molecule has 0 saturated carbocycles. The summed E-state index contributed by atoms with van der Waals surface area (Å²) in [6, 6.07) is 11.1. The predicted octanol–water partition coefficient (Wildman–Crippen LogP) is 3.58. The Balaban J connectivity index is 1.59. The van der Waals surface area contributed by atoms with Gasteiger partial charge in [0.2, 0.25) is 5.95 Å². The van der Waals surface area contributed by atoms with Gasteiger partial charge in [-0.1, -0.05) is 17.7 Å². The van der Waals surface area contributed by atoms with Crippen LogP contribution in [0.3, 0.4) is 0 Å². The molecule has 2 heterocycles. The third-order valence-corrected chi connectivity index (χ3v) is 4.05. The normalized spacial score (nSPS) is 10.4. The highest BCUT2D eigenvalue weighted by Gasteiger charge is 2.13. The minimum absolute atomic E-state index is 0.117. The van der Waals surface area contributed by atoms with Crippen molar-refractivity contribution in [1.82, 2.24) is 19.9 Å². The van der Waals surface area contributed by atoms with Crippen molar-refractivity contribution in [3.8, 4) is 0 Å². The monoisotopic (exact) mass is 367 g/mol. The van der Waals surface area contributed by atoms with Gasteiger partial charge in [-0.25, -0.2) is 9.97 Å². The number of benzene rings is 1. The number of pyridine rings is 1. The van der Waals surface area contributed by atoms with E-state index in [2.05, 4.69) is 20.3 Å². The molecule has 0 bridgehead atoms. The van der Waals surface area contributed by atoms with Crippen molar-refractivity contribution in [3.63, 3.8) is 0 Å². The first-order chi connectivity index (χ1) is 12.6. The third-order valence-electron chi connectivity index (χ3n) is 3.81. The Morgan fingerprint density at radius 3 is 2.58 bits per heavy atom. The van der Waals surface area contributed by atoms with Gasteiger partial charge >= 0.3 is 0 Å². The number of aromatic nitrogens is 3. The number of likely N-dealkylation sites (N-methyl/N-ethyl adjacent to an activating group) is 1. The smallest absolute Gasteiger partial charge is 0.256 e. The molecule has 0 unspecified atom stereocenters. The number of nitrogens with zero attached hydrogens (tertiary/aromatic N) is 4. The highest BCUT2D eigenvalue weighted by molar-refractivity contribution is 6.30. The number of hydrogen-bond donors (Lipinski definition) is 1. The Bertz CT molecular complexity index is 871. The minimum Gasteiger partial charge on any atom is -0.341 e. The molecular weight excluding hydrogens is 350 g/mol. The van der Waals surface area contributed by atoms with Gasteiger partial charge in [-0.15, -0.1) is 0 Å². The molecule has 26 heavy (non-hydrogen) atoms. The molecule has 1 aromatic carbocycles. The van der Waals surface area contributed by atoms with E-state index in [0.717, 1.165) is 17.7 Å². The van der Waals surface area contributed by atoms with Crippen molar-refractivity contribution in [1.29, 1.82) is 0 Å². The maximum Gasteiger partial charge on any atom is 0.256 e. The van der Waals surface area contributed by atoms with Gasteiger partial charge in [0.05, 0.1) is 5.56 Å².